The first-order valence-corrected chi connectivity index (χ1v) is 13.5. The van der Waals surface area contributed by atoms with Crippen LogP contribution in [-0.4, -0.2) is 75.8 Å². The molecule has 2 saturated carbocycles. The molecule has 0 bridgehead atoms. The Morgan fingerprint density at radius 3 is 2.42 bits per heavy atom. The van der Waals surface area contributed by atoms with E-state index in [1.807, 2.05) is 6.07 Å². The molecular weight excluding hydrogens is 442 g/mol. The summed E-state index contributed by atoms with van der Waals surface area (Å²) in [5.41, 5.74) is 1.38. The molecule has 1 saturated heterocycles. The van der Waals surface area contributed by atoms with E-state index in [2.05, 4.69) is 29.0 Å². The van der Waals surface area contributed by atoms with Gasteiger partial charge in [0.1, 0.15) is 0 Å². The number of methoxy groups -OCH3 is 1. The normalized spacial score (nSPS) is 32.2. The summed E-state index contributed by atoms with van der Waals surface area (Å²) in [5.74, 6) is 0.629. The van der Waals surface area contributed by atoms with E-state index in [4.69, 9.17) is 9.47 Å². The van der Waals surface area contributed by atoms with Gasteiger partial charge in [-0.25, -0.2) is 4.79 Å². The quantitative estimate of drug-likeness (QED) is 0.649. The second-order valence-electron chi connectivity index (χ2n) is 9.76. The molecule has 1 heterocycles. The van der Waals surface area contributed by atoms with Crippen LogP contribution in [0.5, 0.6) is 0 Å². The smallest absolute Gasteiger partial charge is 0.410 e. The number of carbonyl (C=O) groups excluding carboxylic acids is 1. The van der Waals surface area contributed by atoms with Gasteiger partial charge in [0.15, 0.2) is 0 Å². The number of hydrogen-bond acceptors (Lipinski definition) is 5. The Labute approximate surface area is 197 Å². The van der Waals surface area contributed by atoms with Gasteiger partial charge in [-0.15, -0.1) is 0 Å². The first kappa shape index (κ1) is 24.4. The van der Waals surface area contributed by atoms with Gasteiger partial charge in [-0.3, -0.25) is 4.90 Å². The Morgan fingerprint density at radius 2 is 1.79 bits per heavy atom. The van der Waals surface area contributed by atoms with Crippen molar-refractivity contribution in [3.63, 3.8) is 0 Å². The summed E-state index contributed by atoms with van der Waals surface area (Å²) in [6.07, 6.45) is 6.51. The van der Waals surface area contributed by atoms with E-state index in [9.17, 15) is 13.2 Å². The van der Waals surface area contributed by atoms with Crippen molar-refractivity contribution in [3.05, 3.63) is 35.9 Å². The Kier molecular flexibility index (Phi) is 7.63. The molecule has 1 aliphatic heterocycles. The maximum Gasteiger partial charge on any atom is 0.410 e. The van der Waals surface area contributed by atoms with E-state index in [-0.39, 0.29) is 30.1 Å². The van der Waals surface area contributed by atoms with E-state index >= 15 is 0 Å². The van der Waals surface area contributed by atoms with Crippen molar-refractivity contribution in [1.29, 1.82) is 0 Å². The maximum atomic E-state index is 12.7. The highest BCUT2D eigenvalue weighted by atomic mass is 32.2. The highest BCUT2D eigenvalue weighted by Gasteiger charge is 2.54. The Balaban J connectivity index is 1.44. The number of nitrogens with one attached hydrogen (secondary N) is 1. The van der Waals surface area contributed by atoms with Crippen LogP contribution in [0.2, 0.25) is 0 Å². The summed E-state index contributed by atoms with van der Waals surface area (Å²) < 4.78 is 40.9. The van der Waals surface area contributed by atoms with Gasteiger partial charge in [-0.2, -0.15) is 17.4 Å². The first-order valence-electron chi connectivity index (χ1n) is 12.0. The van der Waals surface area contributed by atoms with Crippen molar-refractivity contribution in [2.45, 2.75) is 75.1 Å². The largest absolute Gasteiger partial charge is 0.453 e. The lowest BCUT2D eigenvalue weighted by Gasteiger charge is -2.34. The predicted molar refractivity (Wildman–Crippen MR) is 126 cm³/mol. The third-order valence-electron chi connectivity index (χ3n) is 7.72. The molecule has 33 heavy (non-hydrogen) atoms. The van der Waals surface area contributed by atoms with Crippen LogP contribution in [0.25, 0.3) is 0 Å². The number of amides is 1. The van der Waals surface area contributed by atoms with E-state index in [0.717, 1.165) is 44.9 Å². The third kappa shape index (κ3) is 5.21. The molecule has 0 aromatic heterocycles. The Morgan fingerprint density at radius 1 is 1.09 bits per heavy atom. The zero-order valence-electron chi connectivity index (χ0n) is 19.9. The van der Waals surface area contributed by atoms with Crippen LogP contribution in [-0.2, 0) is 19.7 Å². The second-order valence-corrected chi connectivity index (χ2v) is 11.7. The number of likely N-dealkylation sites (tertiary alicyclic amines) is 1. The highest BCUT2D eigenvalue weighted by Crippen LogP contribution is 2.43. The molecule has 3 aliphatic rings. The molecule has 0 radical (unpaired) electrons. The fourth-order valence-electron chi connectivity index (χ4n) is 5.96. The molecule has 1 aromatic carbocycles. The zero-order valence-corrected chi connectivity index (χ0v) is 20.7. The summed E-state index contributed by atoms with van der Waals surface area (Å²) in [6.45, 7) is 0.309. The third-order valence-corrected chi connectivity index (χ3v) is 9.25. The SMILES string of the molecule is COC(=O)N1[C@@H]2CCC[C@@H]2[C@H](NS(=O)(=O)N(C)C)[C@@H]1CO[C@H]1CC[C@@H](c2ccccc2)CC1. The van der Waals surface area contributed by atoms with Gasteiger partial charge in [-0.05, 0) is 55.9 Å². The van der Waals surface area contributed by atoms with Crippen molar-refractivity contribution in [2.75, 3.05) is 27.8 Å². The van der Waals surface area contributed by atoms with Gasteiger partial charge < -0.3 is 9.47 Å². The maximum absolute atomic E-state index is 12.7. The van der Waals surface area contributed by atoms with E-state index < -0.39 is 16.3 Å². The lowest BCUT2D eigenvalue weighted by atomic mass is 9.83. The average Bonchev–Trinajstić information content (AvgIpc) is 3.39. The van der Waals surface area contributed by atoms with Gasteiger partial charge in [0.2, 0.25) is 0 Å². The van der Waals surface area contributed by atoms with E-state index in [1.165, 1.54) is 31.1 Å². The number of hydrogen-bond donors (Lipinski definition) is 1. The summed E-state index contributed by atoms with van der Waals surface area (Å²) in [6, 6.07) is 9.82. The molecule has 0 spiro atoms. The van der Waals surface area contributed by atoms with Gasteiger partial charge in [-0.1, -0.05) is 36.8 Å². The van der Waals surface area contributed by atoms with Gasteiger partial charge in [0.05, 0.1) is 31.9 Å². The minimum atomic E-state index is -3.64. The number of carbonyl (C=O) groups is 1. The fraction of sp³-hybridized carbons (Fsp3) is 0.708. The first-order chi connectivity index (χ1) is 15.8. The zero-order chi connectivity index (χ0) is 23.6. The van der Waals surface area contributed by atoms with E-state index in [0.29, 0.717) is 12.5 Å². The molecule has 3 fully saturated rings. The number of fused-ring (bicyclic) bond motifs is 1. The summed E-state index contributed by atoms with van der Waals surface area (Å²) in [5, 5.41) is 0. The summed E-state index contributed by atoms with van der Waals surface area (Å²) >= 11 is 0. The van der Waals surface area contributed by atoms with Crippen LogP contribution in [0.3, 0.4) is 0 Å². The van der Waals surface area contributed by atoms with Crippen molar-refractivity contribution < 1.29 is 22.7 Å². The van der Waals surface area contributed by atoms with Crippen LogP contribution < -0.4 is 4.72 Å². The molecule has 1 aromatic rings. The van der Waals surface area contributed by atoms with Crippen molar-refractivity contribution in [3.8, 4) is 0 Å². The number of rotatable bonds is 7. The standard InChI is InChI=1S/C24H37N3O5S/c1-26(2)33(29,30)25-23-20-10-7-11-21(20)27(24(28)31-3)22(23)16-32-19-14-12-18(13-15-19)17-8-5-4-6-9-17/h4-6,8-9,18-23,25H,7,10-16H2,1-3H3/t18-,19+,20-,21+,22-,23-/m0/s1. The molecule has 0 unspecified atom stereocenters. The van der Waals surface area contributed by atoms with Crippen molar-refractivity contribution in [1.82, 2.24) is 13.9 Å². The van der Waals surface area contributed by atoms with E-state index in [1.54, 1.807) is 4.90 Å². The topological polar surface area (TPSA) is 88.2 Å². The number of ether oxygens (including phenoxy) is 2. The van der Waals surface area contributed by atoms with Crippen LogP contribution in [0.1, 0.15) is 56.4 Å². The van der Waals surface area contributed by atoms with Crippen LogP contribution >= 0.6 is 0 Å². The fourth-order valence-corrected chi connectivity index (χ4v) is 6.85. The number of benzene rings is 1. The van der Waals surface area contributed by atoms with Crippen LogP contribution in [0.15, 0.2) is 30.3 Å². The predicted octanol–water partition coefficient (Wildman–Crippen LogP) is 3.11. The molecule has 8 nitrogen and oxygen atoms in total. The molecule has 1 amide bonds. The Bertz CT molecular complexity index is 902. The molecule has 4 rings (SSSR count). The lowest BCUT2D eigenvalue weighted by Crippen LogP contribution is -2.53. The van der Waals surface area contributed by atoms with Crippen molar-refractivity contribution >= 4 is 16.3 Å². The van der Waals surface area contributed by atoms with Gasteiger partial charge in [0, 0.05) is 20.1 Å². The lowest BCUT2D eigenvalue weighted by molar-refractivity contribution is -0.00981. The molecular formula is C24H37N3O5S. The van der Waals surface area contributed by atoms with Gasteiger partial charge in [0.25, 0.3) is 10.2 Å². The molecule has 9 heteroatoms. The van der Waals surface area contributed by atoms with Crippen LogP contribution in [0.4, 0.5) is 4.79 Å². The van der Waals surface area contributed by atoms with Gasteiger partial charge >= 0.3 is 6.09 Å². The van der Waals surface area contributed by atoms with Crippen LogP contribution in [0, 0.1) is 5.92 Å². The molecule has 1 N–H and O–H groups in total. The molecule has 2 aliphatic carbocycles. The molecule has 184 valence electrons. The van der Waals surface area contributed by atoms with Crippen molar-refractivity contribution in [2.24, 2.45) is 5.92 Å². The monoisotopic (exact) mass is 479 g/mol. The molecule has 4 atom stereocenters. The highest BCUT2D eigenvalue weighted by molar-refractivity contribution is 7.87. The minimum Gasteiger partial charge on any atom is -0.453 e. The summed E-state index contributed by atoms with van der Waals surface area (Å²) in [7, 11) is 0.764. The minimum absolute atomic E-state index is 0.0188. The second kappa shape index (κ2) is 10.3. The Hall–Kier alpha value is -1.68. The average molecular weight is 480 g/mol. The number of nitrogens with zero attached hydrogens (tertiary/aromatic N) is 2. The summed E-state index contributed by atoms with van der Waals surface area (Å²) in [4.78, 5) is 14.5.